The van der Waals surface area contributed by atoms with E-state index in [1.165, 1.54) is 6.08 Å². The van der Waals surface area contributed by atoms with Crippen molar-refractivity contribution in [2.75, 3.05) is 23.8 Å². The van der Waals surface area contributed by atoms with Crippen molar-refractivity contribution in [1.82, 2.24) is 4.90 Å². The fourth-order valence-corrected chi connectivity index (χ4v) is 3.32. The minimum atomic E-state index is -0.469. The average molecular weight is 357 g/mol. The zero-order valence-corrected chi connectivity index (χ0v) is 14.7. The lowest BCUT2D eigenvalue weighted by Gasteiger charge is -2.16. The lowest BCUT2D eigenvalue weighted by Crippen LogP contribution is -2.34. The highest BCUT2D eigenvalue weighted by molar-refractivity contribution is 6.17. The molecule has 1 aromatic carbocycles. The average Bonchev–Trinajstić information content (AvgIpc) is 3.23. The SMILES string of the molecule is Cc1ccc(NC(=O)C2CCCC2)cc1NC1=CC(=O)N(CCO)C1=O. The van der Waals surface area contributed by atoms with E-state index in [1.807, 2.05) is 19.1 Å². The summed E-state index contributed by atoms with van der Waals surface area (Å²) in [5.74, 6) is -0.826. The minimum Gasteiger partial charge on any atom is -0.395 e. The number of imide groups is 1. The predicted octanol–water partition coefficient (Wildman–Crippen LogP) is 1.78. The number of aliphatic hydroxyl groups excluding tert-OH is 1. The van der Waals surface area contributed by atoms with Gasteiger partial charge in [0.05, 0.1) is 13.2 Å². The number of anilines is 2. The van der Waals surface area contributed by atoms with E-state index < -0.39 is 11.8 Å². The van der Waals surface area contributed by atoms with E-state index in [0.717, 1.165) is 36.1 Å². The third kappa shape index (κ3) is 3.77. The van der Waals surface area contributed by atoms with Crippen molar-refractivity contribution < 1.29 is 19.5 Å². The Kier molecular flexibility index (Phi) is 5.37. The Morgan fingerprint density at radius 2 is 2.00 bits per heavy atom. The fraction of sp³-hybridized carbons (Fsp3) is 0.421. The van der Waals surface area contributed by atoms with Crippen LogP contribution in [0, 0.1) is 12.8 Å². The van der Waals surface area contributed by atoms with Gasteiger partial charge >= 0.3 is 0 Å². The fourth-order valence-electron chi connectivity index (χ4n) is 3.32. The lowest BCUT2D eigenvalue weighted by molar-refractivity contribution is -0.137. The number of hydrogen-bond donors (Lipinski definition) is 3. The molecule has 1 aromatic rings. The van der Waals surface area contributed by atoms with Gasteiger partial charge in [0.15, 0.2) is 0 Å². The number of rotatable bonds is 6. The molecule has 0 radical (unpaired) electrons. The molecule has 7 heteroatoms. The second-order valence-corrected chi connectivity index (χ2v) is 6.70. The molecule has 1 fully saturated rings. The van der Waals surface area contributed by atoms with Crippen molar-refractivity contribution >= 4 is 29.1 Å². The van der Waals surface area contributed by atoms with Gasteiger partial charge in [-0.25, -0.2) is 0 Å². The van der Waals surface area contributed by atoms with E-state index >= 15 is 0 Å². The van der Waals surface area contributed by atoms with E-state index in [4.69, 9.17) is 5.11 Å². The van der Waals surface area contributed by atoms with Gasteiger partial charge in [-0.1, -0.05) is 18.9 Å². The summed E-state index contributed by atoms with van der Waals surface area (Å²) in [6, 6.07) is 5.43. The summed E-state index contributed by atoms with van der Waals surface area (Å²) >= 11 is 0. The third-order valence-corrected chi connectivity index (χ3v) is 4.83. The Balaban J connectivity index is 1.72. The van der Waals surface area contributed by atoms with Crippen molar-refractivity contribution in [1.29, 1.82) is 0 Å². The molecule has 138 valence electrons. The largest absolute Gasteiger partial charge is 0.395 e. The van der Waals surface area contributed by atoms with Crippen molar-refractivity contribution in [3.05, 3.63) is 35.5 Å². The van der Waals surface area contributed by atoms with Gasteiger partial charge in [-0.3, -0.25) is 19.3 Å². The highest BCUT2D eigenvalue weighted by Gasteiger charge is 2.31. The van der Waals surface area contributed by atoms with Crippen LogP contribution in [0.2, 0.25) is 0 Å². The second-order valence-electron chi connectivity index (χ2n) is 6.70. The van der Waals surface area contributed by atoms with Gasteiger partial charge in [-0.2, -0.15) is 0 Å². The van der Waals surface area contributed by atoms with Crippen molar-refractivity contribution in [2.45, 2.75) is 32.6 Å². The summed E-state index contributed by atoms with van der Waals surface area (Å²) < 4.78 is 0. The number of β-amino-alcohol motifs (C(OH)–C–C–N with tert-alkyl or cyclic N) is 1. The molecule has 0 saturated heterocycles. The van der Waals surface area contributed by atoms with Crippen LogP contribution in [-0.2, 0) is 14.4 Å². The highest BCUT2D eigenvalue weighted by Crippen LogP contribution is 2.28. The summed E-state index contributed by atoms with van der Waals surface area (Å²) in [6.07, 6.45) is 5.25. The molecule has 7 nitrogen and oxygen atoms in total. The number of nitrogens with zero attached hydrogens (tertiary/aromatic N) is 1. The van der Waals surface area contributed by atoms with E-state index in [2.05, 4.69) is 10.6 Å². The smallest absolute Gasteiger partial charge is 0.277 e. The summed E-state index contributed by atoms with van der Waals surface area (Å²) in [6.45, 7) is 1.56. The number of aliphatic hydroxyl groups is 1. The van der Waals surface area contributed by atoms with Crippen LogP contribution in [0.15, 0.2) is 30.0 Å². The summed E-state index contributed by atoms with van der Waals surface area (Å²) in [5.41, 5.74) is 2.34. The molecule has 26 heavy (non-hydrogen) atoms. The molecular formula is C19H23N3O4. The third-order valence-electron chi connectivity index (χ3n) is 4.83. The zero-order valence-electron chi connectivity index (χ0n) is 14.7. The number of aryl methyl sites for hydroxylation is 1. The van der Waals surface area contributed by atoms with Crippen LogP contribution in [0.1, 0.15) is 31.2 Å². The summed E-state index contributed by atoms with van der Waals surface area (Å²) in [7, 11) is 0. The van der Waals surface area contributed by atoms with Gasteiger partial charge in [-0.15, -0.1) is 0 Å². The van der Waals surface area contributed by atoms with Crippen LogP contribution in [-0.4, -0.2) is 40.9 Å². The lowest BCUT2D eigenvalue weighted by atomic mass is 10.1. The molecule has 0 aromatic heterocycles. The van der Waals surface area contributed by atoms with Crippen molar-refractivity contribution in [2.24, 2.45) is 5.92 Å². The van der Waals surface area contributed by atoms with Crippen molar-refractivity contribution in [3.63, 3.8) is 0 Å². The van der Waals surface area contributed by atoms with E-state index in [9.17, 15) is 14.4 Å². The molecule has 1 aliphatic carbocycles. The molecule has 0 spiro atoms. The highest BCUT2D eigenvalue weighted by atomic mass is 16.3. The van der Waals surface area contributed by atoms with Gasteiger partial charge in [-0.05, 0) is 37.5 Å². The van der Waals surface area contributed by atoms with Crippen molar-refractivity contribution in [3.8, 4) is 0 Å². The quantitative estimate of drug-likeness (QED) is 0.674. The number of carbonyl (C=O) groups excluding carboxylic acids is 3. The molecule has 3 amide bonds. The Labute approximate surface area is 152 Å². The molecule has 0 unspecified atom stereocenters. The van der Waals surface area contributed by atoms with Gasteiger partial charge in [0.2, 0.25) is 5.91 Å². The monoisotopic (exact) mass is 357 g/mol. The Morgan fingerprint density at radius 3 is 2.69 bits per heavy atom. The number of amides is 3. The van der Waals surface area contributed by atoms with E-state index in [1.54, 1.807) is 6.07 Å². The number of hydrogen-bond acceptors (Lipinski definition) is 5. The van der Waals surface area contributed by atoms with Crippen LogP contribution in [0.25, 0.3) is 0 Å². The number of carbonyl (C=O) groups is 3. The molecule has 1 aliphatic heterocycles. The topological polar surface area (TPSA) is 98.7 Å². The zero-order chi connectivity index (χ0) is 18.7. The molecule has 3 rings (SSSR count). The van der Waals surface area contributed by atoms with Crippen LogP contribution in [0.4, 0.5) is 11.4 Å². The van der Waals surface area contributed by atoms with Gasteiger partial charge in [0.25, 0.3) is 11.8 Å². The molecule has 0 atom stereocenters. The number of nitrogens with one attached hydrogen (secondary N) is 2. The minimum absolute atomic E-state index is 0.0257. The first-order valence-electron chi connectivity index (χ1n) is 8.86. The standard InChI is InChI=1S/C19H23N3O4/c1-12-6-7-14(20-18(25)13-4-2-3-5-13)10-15(12)21-16-11-17(24)22(8-9-23)19(16)26/h6-7,10-11,13,21,23H,2-5,8-9H2,1H3,(H,20,25). The van der Waals surface area contributed by atoms with E-state index in [-0.39, 0.29) is 30.7 Å². The Bertz CT molecular complexity index is 766. The molecule has 1 heterocycles. The van der Waals surface area contributed by atoms with Crippen LogP contribution in [0.5, 0.6) is 0 Å². The maximum absolute atomic E-state index is 12.3. The second kappa shape index (κ2) is 7.70. The van der Waals surface area contributed by atoms with Gasteiger partial charge in [0, 0.05) is 23.4 Å². The molecule has 1 saturated carbocycles. The summed E-state index contributed by atoms with van der Waals surface area (Å²) in [4.78, 5) is 37.4. The first kappa shape index (κ1) is 18.1. The normalized spacial score (nSPS) is 17.6. The predicted molar refractivity (Wildman–Crippen MR) is 97.3 cm³/mol. The maximum atomic E-state index is 12.3. The molecule has 3 N–H and O–H groups in total. The maximum Gasteiger partial charge on any atom is 0.277 e. The van der Waals surface area contributed by atoms with Crippen LogP contribution < -0.4 is 10.6 Å². The number of benzene rings is 1. The first-order valence-corrected chi connectivity index (χ1v) is 8.86. The molecule has 2 aliphatic rings. The van der Waals surface area contributed by atoms with E-state index in [0.29, 0.717) is 11.4 Å². The van der Waals surface area contributed by atoms with Gasteiger partial charge in [0.1, 0.15) is 5.70 Å². The molecule has 0 bridgehead atoms. The van der Waals surface area contributed by atoms with Gasteiger partial charge < -0.3 is 15.7 Å². The Morgan fingerprint density at radius 1 is 1.27 bits per heavy atom. The molecular weight excluding hydrogens is 334 g/mol. The Hall–Kier alpha value is -2.67. The van der Waals surface area contributed by atoms with Crippen LogP contribution >= 0.6 is 0 Å². The summed E-state index contributed by atoms with van der Waals surface area (Å²) in [5, 5.41) is 14.9. The van der Waals surface area contributed by atoms with Crippen LogP contribution in [0.3, 0.4) is 0 Å². The first-order chi connectivity index (χ1) is 12.5.